The zero-order chi connectivity index (χ0) is 50.7. The second kappa shape index (κ2) is 19.8. The number of nitrogens with zero attached hydrogens (tertiary/aromatic N) is 7. The van der Waals surface area contributed by atoms with Gasteiger partial charge in [0.1, 0.15) is 17.0 Å². The van der Waals surface area contributed by atoms with E-state index in [9.17, 15) is 24.0 Å². The summed E-state index contributed by atoms with van der Waals surface area (Å²) in [5.74, 6) is 0.00447. The van der Waals surface area contributed by atoms with Crippen LogP contribution in [-0.2, 0) is 39.8 Å². The number of aryl methyl sites for hydroxylation is 1. The Hall–Kier alpha value is -6.35. The lowest BCUT2D eigenvalue weighted by Gasteiger charge is -2.42. The highest BCUT2D eigenvalue weighted by Crippen LogP contribution is 2.42. The summed E-state index contributed by atoms with van der Waals surface area (Å²) in [5.41, 5.74) is 10.4. The van der Waals surface area contributed by atoms with Crippen LogP contribution in [0.1, 0.15) is 129 Å². The first kappa shape index (κ1) is 48.9. The molecule has 11 rings (SSSR count). The summed E-state index contributed by atoms with van der Waals surface area (Å²) in [6.45, 7) is 16.1. The van der Waals surface area contributed by atoms with Gasteiger partial charge in [-0.05, 0) is 145 Å². The van der Waals surface area contributed by atoms with Crippen LogP contribution in [0.15, 0.2) is 89.5 Å². The Morgan fingerprint density at radius 3 is 2.44 bits per heavy atom. The van der Waals surface area contributed by atoms with E-state index in [-0.39, 0.29) is 41.5 Å². The molecular formula is C59H70N9O5+. The number of likely N-dealkylation sites (tertiary alicyclic amines) is 1. The van der Waals surface area contributed by atoms with Gasteiger partial charge < -0.3 is 9.88 Å². The molecule has 1 saturated carbocycles. The number of anilines is 1. The molecule has 3 saturated heterocycles. The number of ketones is 1. The molecule has 14 nitrogen and oxygen atoms in total. The minimum Gasteiger partial charge on any atom is -0.384 e. The van der Waals surface area contributed by atoms with E-state index in [1.54, 1.807) is 21.6 Å². The van der Waals surface area contributed by atoms with E-state index in [0.29, 0.717) is 24.3 Å². The average molecular weight is 985 g/mol. The highest BCUT2D eigenvalue weighted by molar-refractivity contribution is 6.06. The van der Waals surface area contributed by atoms with Crippen LogP contribution < -0.4 is 16.2 Å². The zero-order valence-corrected chi connectivity index (χ0v) is 43.2. The van der Waals surface area contributed by atoms with E-state index in [1.807, 2.05) is 56.5 Å². The van der Waals surface area contributed by atoms with Crippen LogP contribution in [0.2, 0.25) is 0 Å². The number of pyridine rings is 2. The number of fused-ring (bicyclic) bond motifs is 3. The van der Waals surface area contributed by atoms with E-state index in [1.165, 1.54) is 22.4 Å². The Balaban J connectivity index is 0.638. The Morgan fingerprint density at radius 1 is 0.904 bits per heavy atom. The lowest BCUT2D eigenvalue weighted by molar-refractivity contribution is -0.361. The molecular weight excluding hydrogens is 915 g/mol. The minimum atomic E-state index is -0.719. The molecule has 1 aliphatic carbocycles. The summed E-state index contributed by atoms with van der Waals surface area (Å²) in [5, 5.41) is 6.71. The Morgan fingerprint density at radius 2 is 1.68 bits per heavy atom. The molecule has 1 unspecified atom stereocenters. The van der Waals surface area contributed by atoms with Gasteiger partial charge in [0.15, 0.2) is 12.0 Å². The monoisotopic (exact) mass is 985 g/mol. The predicted octanol–water partition coefficient (Wildman–Crippen LogP) is 7.72. The smallest absolute Gasteiger partial charge is 0.384 e. The molecule has 2 aromatic carbocycles. The number of hydrogen-bond acceptors (Lipinski definition) is 10. The van der Waals surface area contributed by atoms with Crippen molar-refractivity contribution in [2.75, 3.05) is 51.1 Å². The third-order valence-corrected chi connectivity index (χ3v) is 17.4. The molecule has 14 heteroatoms. The third-order valence-electron chi connectivity index (χ3n) is 17.4. The fourth-order valence-electron chi connectivity index (χ4n) is 12.9. The minimum absolute atomic E-state index is 0.0360. The predicted molar refractivity (Wildman–Crippen MR) is 284 cm³/mol. The molecule has 4 fully saturated rings. The second-order valence-electron chi connectivity index (χ2n) is 22.4. The maximum atomic E-state index is 13.6. The molecule has 73 heavy (non-hydrogen) atoms. The lowest BCUT2D eigenvalue weighted by Crippen LogP contribution is -2.52. The van der Waals surface area contributed by atoms with Gasteiger partial charge in [-0.1, -0.05) is 35.9 Å². The molecule has 3 atom stereocenters. The van der Waals surface area contributed by atoms with Crippen molar-refractivity contribution >= 4 is 52.1 Å². The summed E-state index contributed by atoms with van der Waals surface area (Å²) < 4.78 is 5.60. The van der Waals surface area contributed by atoms with E-state index >= 15 is 0 Å². The lowest BCUT2D eigenvalue weighted by atomic mass is 9.84. The number of allylic oxidation sites excluding steroid dienone is 2. The number of piperazine rings is 1. The summed E-state index contributed by atoms with van der Waals surface area (Å²) >= 11 is 0. The molecule has 8 heterocycles. The van der Waals surface area contributed by atoms with Crippen molar-refractivity contribution in [1.82, 2.24) is 34.1 Å². The van der Waals surface area contributed by atoms with E-state index in [4.69, 9.17) is 4.98 Å². The number of hydrogen-bond donors (Lipinski definition) is 2. The van der Waals surface area contributed by atoms with E-state index < -0.39 is 11.3 Å². The highest BCUT2D eigenvalue weighted by atomic mass is 16.2. The number of piperidine rings is 2. The average Bonchev–Trinajstić information content (AvgIpc) is 4.07. The number of rotatable bonds is 11. The first-order chi connectivity index (χ1) is 35.2. The molecule has 3 amide bonds. The molecule has 2 N–H and O–H groups in total. The van der Waals surface area contributed by atoms with Gasteiger partial charge in [0, 0.05) is 117 Å². The van der Waals surface area contributed by atoms with Gasteiger partial charge in [-0.3, -0.25) is 43.8 Å². The largest absolute Gasteiger partial charge is 0.402 e. The number of nitrogens with one attached hydrogen (secondary N) is 2. The normalized spacial score (nSPS) is 23.9. The number of aromatic nitrogens is 3. The maximum absolute atomic E-state index is 13.6. The van der Waals surface area contributed by atoms with Crippen LogP contribution in [0.4, 0.5) is 11.4 Å². The zero-order valence-electron chi connectivity index (χ0n) is 43.2. The Labute approximate surface area is 428 Å². The van der Waals surface area contributed by atoms with Gasteiger partial charge >= 0.3 is 5.91 Å². The van der Waals surface area contributed by atoms with Crippen molar-refractivity contribution in [1.29, 1.82) is 0 Å². The molecule has 0 spiro atoms. The van der Waals surface area contributed by atoms with Crippen LogP contribution >= 0.6 is 0 Å². The van der Waals surface area contributed by atoms with Gasteiger partial charge in [0.25, 0.3) is 5.56 Å². The standard InChI is InChI=1S/C59H69N9O5/c1-37-33-64(34-41-10-16-51-48(30-41)59(3,4)58(73)68(51)36-45-15-17-54(70)62-56(45)71)28-29-66(37)35-40-8-6-39(7-9-40)31-53(69)44-13-11-42(12-14-44)43-20-25-65(26-21-43)38(2)52-32-47-50(19-24-61-55(47)63(52)5)67-27-22-49-46(57(67)72)18-23-60-49/h10-14,16,19,22,24,27,30-32,36-38,40,43,45H,6-9,15,17-18,20-21,23,25-26,28-29,33-35H2,1-5H3,(H-,60,62,70,71,72)/p+1/t37-,38-,40?,45?/m0/s1. The summed E-state index contributed by atoms with van der Waals surface area (Å²) in [6, 6.07) is 21.5. The first-order valence-corrected chi connectivity index (χ1v) is 26.8. The van der Waals surface area contributed by atoms with Crippen LogP contribution in [0.25, 0.3) is 16.7 Å². The molecule has 5 aliphatic heterocycles. The summed E-state index contributed by atoms with van der Waals surface area (Å²) in [4.78, 5) is 77.4. The highest BCUT2D eigenvalue weighted by Gasteiger charge is 2.51. The Kier molecular flexibility index (Phi) is 13.3. The van der Waals surface area contributed by atoms with Crippen molar-refractivity contribution in [2.45, 2.75) is 115 Å². The van der Waals surface area contributed by atoms with Crippen molar-refractivity contribution in [3.05, 3.63) is 129 Å². The maximum Gasteiger partial charge on any atom is 0.402 e. The molecule has 3 aromatic heterocycles. The Bertz CT molecular complexity index is 3130. The summed E-state index contributed by atoms with van der Waals surface area (Å²) in [7, 11) is 2.08. The van der Waals surface area contributed by atoms with Gasteiger partial charge in [-0.25, -0.2) is 9.78 Å². The number of carbonyl (C=O) groups is 4. The quantitative estimate of drug-likeness (QED) is 0.0585. The molecule has 380 valence electrons. The van der Waals surface area contributed by atoms with Crippen molar-refractivity contribution in [2.24, 2.45) is 18.9 Å². The molecule has 0 radical (unpaired) electrons. The van der Waals surface area contributed by atoms with Crippen molar-refractivity contribution < 1.29 is 23.8 Å². The van der Waals surface area contributed by atoms with Crippen molar-refractivity contribution in [3.8, 4) is 5.69 Å². The first-order valence-electron chi connectivity index (χ1n) is 26.8. The fraction of sp³-hybridized carbons (Fsp3) is 0.475. The van der Waals surface area contributed by atoms with Crippen LogP contribution in [0, 0.1) is 11.8 Å². The number of amides is 3. The van der Waals surface area contributed by atoms with Gasteiger partial charge in [0.05, 0.1) is 5.69 Å². The van der Waals surface area contributed by atoms with Gasteiger partial charge in [-0.2, -0.15) is 0 Å². The van der Waals surface area contributed by atoms with Crippen LogP contribution in [0.3, 0.4) is 0 Å². The van der Waals surface area contributed by atoms with Crippen LogP contribution in [-0.4, -0.2) is 115 Å². The van der Waals surface area contributed by atoms with E-state index in [2.05, 4.69) is 81.1 Å². The van der Waals surface area contributed by atoms with Crippen LogP contribution in [0.5, 0.6) is 0 Å². The fourth-order valence-corrected chi connectivity index (χ4v) is 12.9. The SMILES string of the molecule is C[C@H]1CN(Cc2ccc3c(c2)C(C)(C)C(=O)[N+]3=CC2CCC(=O)NC2=O)CCN1CC1CCC(=CC(=O)c2ccc(C3CCN([C@@H](C)c4cc5c(-n6ccc7c(c6=O)CCN7)ccnc5n4C)CC3)cc2)CC1. The van der Waals surface area contributed by atoms with E-state index in [0.717, 1.165) is 142 Å². The van der Waals surface area contributed by atoms with Gasteiger partial charge in [-0.15, -0.1) is 4.58 Å². The molecule has 0 bridgehead atoms. The topological polar surface area (TPSA) is 145 Å². The second-order valence-corrected chi connectivity index (χ2v) is 22.4. The van der Waals surface area contributed by atoms with Crippen molar-refractivity contribution in [3.63, 3.8) is 0 Å². The number of benzene rings is 2. The molecule has 5 aromatic rings. The molecule has 6 aliphatic rings. The third kappa shape index (κ3) is 9.46. The summed E-state index contributed by atoms with van der Waals surface area (Å²) in [6.07, 6.45) is 15.0. The number of carbonyl (C=O) groups excluding carboxylic acids is 4. The van der Waals surface area contributed by atoms with Gasteiger partial charge in [0.2, 0.25) is 17.5 Å². The number of imide groups is 1.